The highest BCUT2D eigenvalue weighted by molar-refractivity contribution is 4.98. The number of hydrogen-bond acceptors (Lipinski definition) is 2. The van der Waals surface area contributed by atoms with E-state index in [4.69, 9.17) is 0 Å². The molecule has 1 rings (SSSR count). The summed E-state index contributed by atoms with van der Waals surface area (Å²) >= 11 is 0. The van der Waals surface area contributed by atoms with Gasteiger partial charge in [-0.1, -0.05) is 40.5 Å². The molecule has 0 saturated heterocycles. The van der Waals surface area contributed by atoms with E-state index in [-0.39, 0.29) is 0 Å². The lowest BCUT2D eigenvalue weighted by Crippen LogP contribution is -2.59. The minimum Gasteiger partial charge on any atom is -0.312 e. The van der Waals surface area contributed by atoms with E-state index in [0.29, 0.717) is 23.5 Å². The Morgan fingerprint density at radius 1 is 1.33 bits per heavy atom. The fourth-order valence-electron chi connectivity index (χ4n) is 3.63. The summed E-state index contributed by atoms with van der Waals surface area (Å²) in [6.45, 7) is 12.9. The lowest BCUT2D eigenvalue weighted by atomic mass is 9.70. The minimum atomic E-state index is 0.430. The number of likely N-dealkylation sites (N-methyl/N-ethyl adjacent to an activating group) is 2. The van der Waals surface area contributed by atoms with Crippen molar-refractivity contribution in [1.29, 1.82) is 0 Å². The van der Waals surface area contributed by atoms with E-state index in [0.717, 1.165) is 6.54 Å². The molecular formula is C16H34N2. The molecule has 0 heterocycles. The average Bonchev–Trinajstić information content (AvgIpc) is 2.31. The summed E-state index contributed by atoms with van der Waals surface area (Å²) in [6, 6.07) is 2.05. The van der Waals surface area contributed by atoms with Gasteiger partial charge in [0, 0.05) is 18.1 Å². The SMILES string of the molecule is CCCC(C)N(C)C1CCCC(C)(C)C1NCC. The van der Waals surface area contributed by atoms with Crippen molar-refractivity contribution in [1.82, 2.24) is 10.2 Å². The van der Waals surface area contributed by atoms with Gasteiger partial charge in [-0.3, -0.25) is 4.90 Å². The third kappa shape index (κ3) is 3.71. The van der Waals surface area contributed by atoms with Crippen molar-refractivity contribution in [2.75, 3.05) is 13.6 Å². The molecule has 1 N–H and O–H groups in total. The Balaban J connectivity index is 2.76. The van der Waals surface area contributed by atoms with Gasteiger partial charge in [-0.25, -0.2) is 0 Å². The van der Waals surface area contributed by atoms with Crippen LogP contribution >= 0.6 is 0 Å². The molecule has 3 unspecified atom stereocenters. The first-order chi connectivity index (χ1) is 8.44. The monoisotopic (exact) mass is 254 g/mol. The van der Waals surface area contributed by atoms with Crippen LogP contribution in [0.1, 0.15) is 66.7 Å². The van der Waals surface area contributed by atoms with Crippen LogP contribution in [-0.4, -0.2) is 36.6 Å². The summed E-state index contributed by atoms with van der Waals surface area (Å²) in [7, 11) is 2.33. The first-order valence-electron chi connectivity index (χ1n) is 7.89. The fourth-order valence-corrected chi connectivity index (χ4v) is 3.63. The quantitative estimate of drug-likeness (QED) is 0.778. The molecule has 0 aliphatic heterocycles. The molecule has 0 radical (unpaired) electrons. The average molecular weight is 254 g/mol. The molecule has 2 nitrogen and oxygen atoms in total. The summed E-state index contributed by atoms with van der Waals surface area (Å²) in [5, 5.41) is 3.76. The van der Waals surface area contributed by atoms with Gasteiger partial charge < -0.3 is 5.32 Å². The molecular weight excluding hydrogens is 220 g/mol. The molecule has 0 bridgehead atoms. The Labute approximate surface area is 115 Å². The second kappa shape index (κ2) is 6.91. The highest BCUT2D eigenvalue weighted by Crippen LogP contribution is 2.38. The Morgan fingerprint density at radius 3 is 2.56 bits per heavy atom. The van der Waals surface area contributed by atoms with E-state index < -0.39 is 0 Å². The third-order valence-corrected chi connectivity index (χ3v) is 4.90. The largest absolute Gasteiger partial charge is 0.312 e. The zero-order valence-corrected chi connectivity index (χ0v) is 13.4. The van der Waals surface area contributed by atoms with Crippen molar-refractivity contribution < 1.29 is 0 Å². The van der Waals surface area contributed by atoms with Crippen LogP contribution in [0.15, 0.2) is 0 Å². The number of rotatable bonds is 6. The predicted molar refractivity (Wildman–Crippen MR) is 81.0 cm³/mol. The van der Waals surface area contributed by atoms with Crippen molar-refractivity contribution in [2.45, 2.75) is 84.8 Å². The van der Waals surface area contributed by atoms with Gasteiger partial charge >= 0.3 is 0 Å². The Hall–Kier alpha value is -0.0800. The molecule has 1 fully saturated rings. The van der Waals surface area contributed by atoms with Gasteiger partial charge in [0.25, 0.3) is 0 Å². The predicted octanol–water partition coefficient (Wildman–Crippen LogP) is 3.66. The van der Waals surface area contributed by atoms with Gasteiger partial charge in [-0.15, -0.1) is 0 Å². The van der Waals surface area contributed by atoms with Gasteiger partial charge in [-0.05, 0) is 45.2 Å². The molecule has 2 heteroatoms. The summed E-state index contributed by atoms with van der Waals surface area (Å²) in [6.07, 6.45) is 6.69. The van der Waals surface area contributed by atoms with Gasteiger partial charge in [0.05, 0.1) is 0 Å². The third-order valence-electron chi connectivity index (χ3n) is 4.90. The molecule has 18 heavy (non-hydrogen) atoms. The summed E-state index contributed by atoms with van der Waals surface area (Å²) in [4.78, 5) is 2.64. The van der Waals surface area contributed by atoms with Gasteiger partial charge in [0.15, 0.2) is 0 Å². The van der Waals surface area contributed by atoms with E-state index in [1.165, 1.54) is 32.1 Å². The zero-order chi connectivity index (χ0) is 13.8. The maximum Gasteiger partial charge on any atom is 0.0274 e. The van der Waals surface area contributed by atoms with Gasteiger partial charge in [0.1, 0.15) is 0 Å². The van der Waals surface area contributed by atoms with Gasteiger partial charge in [0.2, 0.25) is 0 Å². The lowest BCUT2D eigenvalue weighted by molar-refractivity contribution is 0.0423. The van der Waals surface area contributed by atoms with E-state index in [1.807, 2.05) is 0 Å². The van der Waals surface area contributed by atoms with Crippen molar-refractivity contribution >= 4 is 0 Å². The second-order valence-corrected chi connectivity index (χ2v) is 6.79. The molecule has 0 amide bonds. The topological polar surface area (TPSA) is 15.3 Å². The summed E-state index contributed by atoms with van der Waals surface area (Å²) in [5.41, 5.74) is 0.430. The van der Waals surface area contributed by atoms with Crippen molar-refractivity contribution in [3.63, 3.8) is 0 Å². The number of hydrogen-bond donors (Lipinski definition) is 1. The smallest absolute Gasteiger partial charge is 0.0274 e. The molecule has 0 aromatic rings. The zero-order valence-electron chi connectivity index (χ0n) is 13.4. The Morgan fingerprint density at radius 2 is 2.00 bits per heavy atom. The summed E-state index contributed by atoms with van der Waals surface area (Å²) in [5.74, 6) is 0. The van der Waals surface area contributed by atoms with Crippen molar-refractivity contribution in [3.8, 4) is 0 Å². The molecule has 0 aromatic heterocycles. The van der Waals surface area contributed by atoms with Crippen LogP contribution < -0.4 is 5.32 Å². The van der Waals surface area contributed by atoms with E-state index in [9.17, 15) is 0 Å². The standard InChI is InChI=1S/C16H34N2/c1-7-10-13(3)18(6)14-11-9-12-16(4,5)15(14)17-8-2/h13-15,17H,7-12H2,1-6H3. The molecule has 1 saturated carbocycles. The summed E-state index contributed by atoms with van der Waals surface area (Å²) < 4.78 is 0. The van der Waals surface area contributed by atoms with Crippen molar-refractivity contribution in [3.05, 3.63) is 0 Å². The highest BCUT2D eigenvalue weighted by Gasteiger charge is 2.40. The molecule has 1 aliphatic rings. The van der Waals surface area contributed by atoms with Gasteiger partial charge in [-0.2, -0.15) is 0 Å². The van der Waals surface area contributed by atoms with E-state index in [1.54, 1.807) is 0 Å². The number of nitrogens with one attached hydrogen (secondary N) is 1. The van der Waals surface area contributed by atoms with Crippen LogP contribution in [0.3, 0.4) is 0 Å². The van der Waals surface area contributed by atoms with Crippen LogP contribution in [0.5, 0.6) is 0 Å². The second-order valence-electron chi connectivity index (χ2n) is 6.79. The Kier molecular flexibility index (Phi) is 6.13. The normalized spacial score (nSPS) is 29.5. The maximum atomic E-state index is 3.76. The highest BCUT2D eigenvalue weighted by atomic mass is 15.2. The van der Waals surface area contributed by atoms with Crippen LogP contribution in [0.2, 0.25) is 0 Å². The Bertz CT molecular complexity index is 237. The molecule has 108 valence electrons. The van der Waals surface area contributed by atoms with Crippen LogP contribution in [0, 0.1) is 5.41 Å². The van der Waals surface area contributed by atoms with Crippen LogP contribution in [0.4, 0.5) is 0 Å². The van der Waals surface area contributed by atoms with E-state index in [2.05, 4.69) is 51.9 Å². The number of nitrogens with zero attached hydrogens (tertiary/aromatic N) is 1. The van der Waals surface area contributed by atoms with Crippen LogP contribution in [-0.2, 0) is 0 Å². The molecule has 0 aromatic carbocycles. The van der Waals surface area contributed by atoms with Crippen LogP contribution in [0.25, 0.3) is 0 Å². The van der Waals surface area contributed by atoms with E-state index >= 15 is 0 Å². The fraction of sp³-hybridized carbons (Fsp3) is 1.00. The first-order valence-corrected chi connectivity index (χ1v) is 7.89. The molecule has 3 atom stereocenters. The molecule has 1 aliphatic carbocycles. The minimum absolute atomic E-state index is 0.430. The first kappa shape index (κ1) is 16.0. The molecule has 0 spiro atoms. The maximum absolute atomic E-state index is 3.76. The van der Waals surface area contributed by atoms with Crippen molar-refractivity contribution in [2.24, 2.45) is 5.41 Å². The lowest BCUT2D eigenvalue weighted by Gasteiger charge is -2.49.